The van der Waals surface area contributed by atoms with E-state index < -0.39 is 0 Å². The zero-order chi connectivity index (χ0) is 14.1. The van der Waals surface area contributed by atoms with Crippen molar-refractivity contribution in [3.05, 3.63) is 35.4 Å². The fourth-order valence-corrected chi connectivity index (χ4v) is 4.10. The molecule has 0 nitrogen and oxygen atoms in total. The first kappa shape index (κ1) is 14.8. The first-order chi connectivity index (χ1) is 8.90. The molecule has 0 spiro atoms. The molecule has 0 amide bonds. The van der Waals surface area contributed by atoms with Crippen molar-refractivity contribution in [2.75, 3.05) is 0 Å². The third kappa shape index (κ3) is 3.48. The van der Waals surface area contributed by atoms with E-state index in [1.165, 1.54) is 36.8 Å². The monoisotopic (exact) mass is 274 g/mol. The van der Waals surface area contributed by atoms with Crippen LogP contribution in [-0.4, -0.2) is 10.4 Å². The van der Waals surface area contributed by atoms with Crippen LogP contribution in [0.5, 0.6) is 0 Å². The molecule has 0 aliphatic carbocycles. The molecule has 1 aromatic rings. The third-order valence-electron chi connectivity index (χ3n) is 4.34. The van der Waals surface area contributed by atoms with Crippen LogP contribution in [-0.2, 0) is 6.42 Å². The highest BCUT2D eigenvalue weighted by molar-refractivity contribution is 7.57. The van der Waals surface area contributed by atoms with Crippen molar-refractivity contribution in [1.82, 2.24) is 0 Å². The molecule has 2 rings (SSSR count). The smallest absolute Gasteiger partial charge is 0.0389 e. The van der Waals surface area contributed by atoms with Crippen molar-refractivity contribution in [3.8, 4) is 0 Å². The Morgan fingerprint density at radius 3 is 2.21 bits per heavy atom. The maximum absolute atomic E-state index is 2.38. The summed E-state index contributed by atoms with van der Waals surface area (Å²) in [6.07, 6.45) is 5.03. The second kappa shape index (κ2) is 5.41. The maximum atomic E-state index is 2.38. The van der Waals surface area contributed by atoms with E-state index in [1.807, 2.05) is 0 Å². The first-order valence-electron chi connectivity index (χ1n) is 7.60. The normalized spacial score (nSPS) is 23.1. The van der Waals surface area contributed by atoms with E-state index in [4.69, 9.17) is 0 Å². The number of hydrogen-bond donors (Lipinski definition) is 0. The molecule has 1 aliphatic rings. The fourth-order valence-electron chi connectivity index (χ4n) is 2.94. The molecule has 0 aromatic heterocycles. The summed E-state index contributed by atoms with van der Waals surface area (Å²) in [5.41, 5.74) is 3.38. The zero-order valence-electron chi connectivity index (χ0n) is 13.1. The van der Waals surface area contributed by atoms with E-state index in [2.05, 4.69) is 58.9 Å². The van der Waals surface area contributed by atoms with Gasteiger partial charge in [0.1, 0.15) is 0 Å². The van der Waals surface area contributed by atoms with Crippen LogP contribution < -0.4 is 0 Å². The Hall–Kier alpha value is -0.610. The quantitative estimate of drug-likeness (QED) is 0.583. The number of rotatable bonds is 6. The molecule has 19 heavy (non-hydrogen) atoms. The Morgan fingerprint density at radius 2 is 1.74 bits per heavy atom. The Labute approximate surface area is 120 Å². The molecule has 1 aliphatic heterocycles. The largest absolute Gasteiger partial charge is 0.0873 e. The summed E-state index contributed by atoms with van der Waals surface area (Å²) >= 11 is 0. The van der Waals surface area contributed by atoms with Gasteiger partial charge in [-0.05, 0) is 48.0 Å². The second-order valence-corrected chi connectivity index (χ2v) is 8.53. The lowest BCUT2D eigenvalue weighted by Crippen LogP contribution is -2.15. The molecule has 104 valence electrons. The highest BCUT2D eigenvalue weighted by Crippen LogP contribution is 2.49. The van der Waals surface area contributed by atoms with Gasteiger partial charge >= 0.3 is 0 Å². The van der Waals surface area contributed by atoms with Crippen LogP contribution >= 0.6 is 8.20 Å². The molecule has 0 bridgehead atoms. The van der Waals surface area contributed by atoms with Gasteiger partial charge < -0.3 is 0 Å². The first-order valence-corrected chi connectivity index (χ1v) is 8.49. The highest BCUT2D eigenvalue weighted by atomic mass is 31.1. The van der Waals surface area contributed by atoms with Crippen molar-refractivity contribution >= 4 is 13.5 Å². The Bertz CT molecular complexity index is 467. The van der Waals surface area contributed by atoms with Crippen molar-refractivity contribution in [2.24, 2.45) is 5.41 Å². The van der Waals surface area contributed by atoms with Gasteiger partial charge in [0.15, 0.2) is 0 Å². The van der Waals surface area contributed by atoms with Gasteiger partial charge in [-0.15, -0.1) is 0 Å². The van der Waals surface area contributed by atoms with E-state index in [-0.39, 0.29) is 0 Å². The van der Waals surface area contributed by atoms with Crippen molar-refractivity contribution in [3.63, 3.8) is 0 Å². The van der Waals surface area contributed by atoms with Gasteiger partial charge in [0.2, 0.25) is 0 Å². The van der Waals surface area contributed by atoms with Gasteiger partial charge in [0.05, 0.1) is 0 Å². The van der Waals surface area contributed by atoms with E-state index in [9.17, 15) is 0 Å². The summed E-state index contributed by atoms with van der Waals surface area (Å²) < 4.78 is 0. The molecular formula is C18H27P. The molecule has 1 heterocycles. The van der Waals surface area contributed by atoms with Gasteiger partial charge in [-0.1, -0.05) is 66.6 Å². The van der Waals surface area contributed by atoms with Crippen LogP contribution in [0.25, 0.3) is 0 Å². The lowest BCUT2D eigenvalue weighted by Gasteiger charge is -2.24. The second-order valence-electron chi connectivity index (χ2n) is 6.88. The van der Waals surface area contributed by atoms with Crippen LogP contribution in [0, 0.1) is 5.41 Å². The molecule has 0 saturated carbocycles. The number of benzene rings is 1. The Morgan fingerprint density at radius 1 is 1.11 bits per heavy atom. The van der Waals surface area contributed by atoms with Gasteiger partial charge in [0, 0.05) is 5.16 Å². The van der Waals surface area contributed by atoms with E-state index in [0.717, 1.165) is 0 Å². The molecule has 0 radical (unpaired) electrons. The summed E-state index contributed by atoms with van der Waals surface area (Å²) in [5.74, 6) is 0. The predicted octanol–water partition coefficient (Wildman–Crippen LogP) is 5.70. The molecule has 1 unspecified atom stereocenters. The molecule has 0 N–H and O–H groups in total. The lowest BCUT2D eigenvalue weighted by molar-refractivity contribution is 0.329. The minimum Gasteiger partial charge on any atom is -0.0873 e. The third-order valence-corrected chi connectivity index (χ3v) is 6.13. The average Bonchev–Trinajstić information content (AvgIpc) is 3.03. The van der Waals surface area contributed by atoms with E-state index in [1.54, 1.807) is 13.5 Å². The predicted molar refractivity (Wildman–Crippen MR) is 88.6 cm³/mol. The minimum atomic E-state index is 0.430. The fraction of sp³-hybridized carbons (Fsp3) is 0.611. The topological polar surface area (TPSA) is 0 Å². The SMILES string of the molecule is CCCC(C)(C)Cc1ccc(C2=PC2(C)CC)cc1. The maximum Gasteiger partial charge on any atom is 0.0389 e. The Balaban J connectivity index is 2.02. The molecule has 0 saturated heterocycles. The lowest BCUT2D eigenvalue weighted by atomic mass is 9.81. The van der Waals surface area contributed by atoms with Crippen LogP contribution in [0.3, 0.4) is 0 Å². The molecular weight excluding hydrogens is 247 g/mol. The van der Waals surface area contributed by atoms with Gasteiger partial charge in [-0.25, -0.2) is 0 Å². The summed E-state index contributed by atoms with van der Waals surface area (Å²) in [7, 11) is 1.54. The highest BCUT2D eigenvalue weighted by Gasteiger charge is 2.39. The van der Waals surface area contributed by atoms with Crippen LogP contribution in [0.2, 0.25) is 0 Å². The van der Waals surface area contributed by atoms with Gasteiger partial charge in [-0.2, -0.15) is 0 Å². The van der Waals surface area contributed by atoms with Crippen LogP contribution in [0.4, 0.5) is 0 Å². The standard InChI is InChI=1S/C18H27P/c1-6-12-17(3,4)13-14-8-10-15(11-9-14)16-18(5,7-2)19-16/h8-11H,6-7,12-13H2,1-5H3. The van der Waals surface area contributed by atoms with Crippen LogP contribution in [0.1, 0.15) is 65.0 Å². The Kier molecular flexibility index (Phi) is 4.21. The van der Waals surface area contributed by atoms with Crippen molar-refractivity contribution in [1.29, 1.82) is 0 Å². The number of hydrogen-bond acceptors (Lipinski definition) is 0. The average molecular weight is 274 g/mol. The van der Waals surface area contributed by atoms with E-state index >= 15 is 0 Å². The van der Waals surface area contributed by atoms with Crippen LogP contribution in [0.15, 0.2) is 24.3 Å². The molecule has 1 atom stereocenters. The summed E-state index contributed by atoms with van der Waals surface area (Å²) in [4.78, 5) is 0. The zero-order valence-corrected chi connectivity index (χ0v) is 14.0. The van der Waals surface area contributed by atoms with Crippen molar-refractivity contribution < 1.29 is 0 Å². The summed E-state index contributed by atoms with van der Waals surface area (Å²) in [5, 5.41) is 2.11. The summed E-state index contributed by atoms with van der Waals surface area (Å²) in [6.45, 7) is 11.7. The minimum absolute atomic E-state index is 0.430. The molecule has 0 fully saturated rings. The van der Waals surface area contributed by atoms with Gasteiger partial charge in [-0.3, -0.25) is 0 Å². The summed E-state index contributed by atoms with van der Waals surface area (Å²) in [6, 6.07) is 9.34. The van der Waals surface area contributed by atoms with E-state index in [0.29, 0.717) is 10.6 Å². The molecule has 1 heteroatoms. The van der Waals surface area contributed by atoms with Crippen molar-refractivity contribution in [2.45, 2.75) is 65.5 Å². The van der Waals surface area contributed by atoms with Gasteiger partial charge in [0.25, 0.3) is 0 Å². The molecule has 1 aromatic carbocycles.